The number of carbonyl (C=O) groups is 2. The Bertz CT molecular complexity index is 479. The first-order chi connectivity index (χ1) is 8.69. The van der Waals surface area contributed by atoms with E-state index < -0.39 is 17.7 Å². The Hall–Kier alpha value is -1.57. The van der Waals surface area contributed by atoms with Gasteiger partial charge in [-0.2, -0.15) is 5.10 Å². The average Bonchev–Trinajstić information content (AvgIpc) is 2.57. The third-order valence-corrected chi connectivity index (χ3v) is 2.35. The van der Waals surface area contributed by atoms with E-state index in [-0.39, 0.29) is 18.8 Å². The summed E-state index contributed by atoms with van der Waals surface area (Å²) in [6.45, 7) is 5.76. The minimum Gasteiger partial charge on any atom is -0.477 e. The van der Waals surface area contributed by atoms with Gasteiger partial charge in [0.05, 0.1) is 6.54 Å². The molecular weight excluding hydrogens is 318 g/mol. The molecule has 0 unspecified atom stereocenters. The molecule has 0 aliphatic carbocycles. The molecule has 1 heterocycles. The monoisotopic (exact) mass is 333 g/mol. The topological polar surface area (TPSA) is 93.5 Å². The Labute approximate surface area is 119 Å². The van der Waals surface area contributed by atoms with E-state index in [1.807, 2.05) is 0 Å². The average molecular weight is 334 g/mol. The summed E-state index contributed by atoms with van der Waals surface area (Å²) in [6.07, 6.45) is -0.546. The van der Waals surface area contributed by atoms with Gasteiger partial charge in [-0.3, -0.25) is 4.68 Å². The molecule has 0 aliphatic heterocycles. The Morgan fingerprint density at radius 3 is 2.68 bits per heavy atom. The molecule has 0 saturated carbocycles. The molecule has 2 N–H and O–H groups in total. The molecule has 8 heteroatoms. The molecule has 106 valence electrons. The maximum Gasteiger partial charge on any atom is 0.407 e. The molecular formula is C11H16BrN3O4. The van der Waals surface area contributed by atoms with Gasteiger partial charge in [0.25, 0.3) is 0 Å². The van der Waals surface area contributed by atoms with Crippen molar-refractivity contribution >= 4 is 28.0 Å². The van der Waals surface area contributed by atoms with Crippen LogP contribution in [0.4, 0.5) is 4.79 Å². The number of nitrogens with zero attached hydrogens (tertiary/aromatic N) is 2. The van der Waals surface area contributed by atoms with Crippen molar-refractivity contribution in [2.45, 2.75) is 32.9 Å². The number of halogens is 1. The van der Waals surface area contributed by atoms with Gasteiger partial charge in [-0.1, -0.05) is 0 Å². The molecule has 7 nitrogen and oxygen atoms in total. The van der Waals surface area contributed by atoms with Crippen molar-refractivity contribution in [3.05, 3.63) is 16.4 Å². The maximum atomic E-state index is 11.4. The number of aromatic carboxylic acids is 1. The highest BCUT2D eigenvalue weighted by Gasteiger charge is 2.16. The predicted octanol–water partition coefficient (Wildman–Crippen LogP) is 1.87. The van der Waals surface area contributed by atoms with Crippen molar-refractivity contribution in [1.82, 2.24) is 15.1 Å². The molecule has 0 radical (unpaired) electrons. The zero-order valence-electron chi connectivity index (χ0n) is 10.9. The van der Waals surface area contributed by atoms with Crippen molar-refractivity contribution in [2.75, 3.05) is 6.54 Å². The summed E-state index contributed by atoms with van der Waals surface area (Å²) in [4.78, 5) is 22.3. The fourth-order valence-corrected chi connectivity index (χ4v) is 1.71. The van der Waals surface area contributed by atoms with Crippen LogP contribution in [0.3, 0.4) is 0 Å². The van der Waals surface area contributed by atoms with Gasteiger partial charge in [-0.05, 0) is 36.7 Å². The molecule has 0 fully saturated rings. The summed E-state index contributed by atoms with van der Waals surface area (Å²) >= 11 is 3.10. The first-order valence-corrected chi connectivity index (χ1v) is 6.42. The highest BCUT2D eigenvalue weighted by atomic mass is 79.9. The molecule has 1 aromatic heterocycles. The van der Waals surface area contributed by atoms with Gasteiger partial charge in [0.1, 0.15) is 15.9 Å². The van der Waals surface area contributed by atoms with Gasteiger partial charge >= 0.3 is 12.1 Å². The quantitative estimate of drug-likeness (QED) is 0.877. The third-order valence-electron chi connectivity index (χ3n) is 1.96. The lowest BCUT2D eigenvalue weighted by molar-refractivity contribution is 0.0525. The molecule has 0 aromatic carbocycles. The summed E-state index contributed by atoms with van der Waals surface area (Å²) in [5.41, 5.74) is -0.511. The van der Waals surface area contributed by atoms with Crippen LogP contribution in [0.2, 0.25) is 0 Å². The number of carbonyl (C=O) groups excluding carboxylic acids is 1. The van der Waals surface area contributed by atoms with Gasteiger partial charge in [0, 0.05) is 12.6 Å². The fraction of sp³-hybridized carbons (Fsp3) is 0.545. The van der Waals surface area contributed by atoms with Crippen LogP contribution in [0.1, 0.15) is 31.3 Å². The van der Waals surface area contributed by atoms with E-state index in [2.05, 4.69) is 26.3 Å². The Morgan fingerprint density at radius 1 is 1.53 bits per heavy atom. The van der Waals surface area contributed by atoms with Crippen molar-refractivity contribution in [1.29, 1.82) is 0 Å². The predicted molar refractivity (Wildman–Crippen MR) is 71.1 cm³/mol. The van der Waals surface area contributed by atoms with E-state index in [0.717, 1.165) is 0 Å². The fourth-order valence-electron chi connectivity index (χ4n) is 1.31. The van der Waals surface area contributed by atoms with Gasteiger partial charge in [0.2, 0.25) is 0 Å². The second-order valence-electron chi connectivity index (χ2n) is 4.81. The van der Waals surface area contributed by atoms with Gasteiger partial charge in [0.15, 0.2) is 0 Å². The summed E-state index contributed by atoms with van der Waals surface area (Å²) < 4.78 is 6.78. The van der Waals surface area contributed by atoms with Crippen LogP contribution >= 0.6 is 15.9 Å². The van der Waals surface area contributed by atoms with E-state index in [1.54, 1.807) is 20.8 Å². The maximum absolute atomic E-state index is 11.4. The van der Waals surface area contributed by atoms with Crippen LogP contribution in [-0.2, 0) is 11.3 Å². The highest BCUT2D eigenvalue weighted by molar-refractivity contribution is 9.10. The van der Waals surface area contributed by atoms with E-state index in [1.165, 1.54) is 10.7 Å². The number of nitrogens with one attached hydrogen (secondary N) is 1. The summed E-state index contributed by atoms with van der Waals surface area (Å²) in [6, 6.07) is 1.40. The van der Waals surface area contributed by atoms with Crippen molar-refractivity contribution in [2.24, 2.45) is 0 Å². The Morgan fingerprint density at radius 2 is 2.16 bits per heavy atom. The molecule has 1 amide bonds. The zero-order chi connectivity index (χ0) is 14.6. The standard InChI is InChI=1S/C11H16BrN3O4/c1-11(2,3)19-10(18)13-4-5-15-7(9(16)17)6-8(12)14-15/h6H,4-5H2,1-3H3,(H,13,18)(H,16,17). The number of carboxylic acid groups (broad SMARTS) is 1. The van der Waals surface area contributed by atoms with E-state index >= 15 is 0 Å². The lowest BCUT2D eigenvalue weighted by Crippen LogP contribution is -2.34. The second kappa shape index (κ2) is 6.05. The van der Waals surface area contributed by atoms with Crippen LogP contribution in [0, 0.1) is 0 Å². The summed E-state index contributed by atoms with van der Waals surface area (Å²) in [7, 11) is 0. The number of aromatic nitrogens is 2. The lowest BCUT2D eigenvalue weighted by atomic mass is 10.2. The first-order valence-electron chi connectivity index (χ1n) is 5.62. The molecule has 1 aromatic rings. The molecule has 19 heavy (non-hydrogen) atoms. The zero-order valence-corrected chi connectivity index (χ0v) is 12.5. The molecule has 0 saturated heterocycles. The highest BCUT2D eigenvalue weighted by Crippen LogP contribution is 2.10. The number of ether oxygens (including phenoxy) is 1. The smallest absolute Gasteiger partial charge is 0.407 e. The number of hydrogen-bond donors (Lipinski definition) is 2. The molecule has 0 bridgehead atoms. The van der Waals surface area contributed by atoms with Gasteiger partial charge < -0.3 is 15.2 Å². The van der Waals surface area contributed by atoms with E-state index in [4.69, 9.17) is 9.84 Å². The van der Waals surface area contributed by atoms with Crippen molar-refractivity contribution < 1.29 is 19.4 Å². The number of carboxylic acids is 1. The molecule has 0 aliphatic rings. The Kier molecular flexibility index (Phi) is 4.93. The van der Waals surface area contributed by atoms with Crippen LogP contribution in [0.15, 0.2) is 10.7 Å². The van der Waals surface area contributed by atoms with Gasteiger partial charge in [-0.15, -0.1) is 0 Å². The largest absolute Gasteiger partial charge is 0.477 e. The van der Waals surface area contributed by atoms with Crippen molar-refractivity contribution in [3.8, 4) is 0 Å². The Balaban J connectivity index is 2.50. The number of alkyl carbamates (subject to hydrolysis) is 1. The third kappa shape index (κ3) is 5.29. The second-order valence-corrected chi connectivity index (χ2v) is 5.62. The van der Waals surface area contributed by atoms with Crippen LogP contribution in [0.5, 0.6) is 0 Å². The van der Waals surface area contributed by atoms with E-state index in [0.29, 0.717) is 4.60 Å². The summed E-state index contributed by atoms with van der Waals surface area (Å²) in [5.74, 6) is -1.07. The summed E-state index contributed by atoms with van der Waals surface area (Å²) in [5, 5.41) is 15.4. The molecule has 0 atom stereocenters. The number of rotatable bonds is 4. The minimum atomic E-state index is -1.07. The number of hydrogen-bond acceptors (Lipinski definition) is 4. The van der Waals surface area contributed by atoms with Gasteiger partial charge in [-0.25, -0.2) is 9.59 Å². The SMILES string of the molecule is CC(C)(C)OC(=O)NCCn1nc(Br)cc1C(=O)O. The lowest BCUT2D eigenvalue weighted by Gasteiger charge is -2.19. The van der Waals surface area contributed by atoms with E-state index in [9.17, 15) is 9.59 Å². The normalized spacial score (nSPS) is 11.2. The van der Waals surface area contributed by atoms with Crippen LogP contribution in [-0.4, -0.2) is 39.1 Å². The molecule has 1 rings (SSSR count). The minimum absolute atomic E-state index is 0.0536. The van der Waals surface area contributed by atoms with Crippen LogP contribution < -0.4 is 5.32 Å². The van der Waals surface area contributed by atoms with Crippen molar-refractivity contribution in [3.63, 3.8) is 0 Å². The first kappa shape index (κ1) is 15.5. The molecule has 0 spiro atoms. The van der Waals surface area contributed by atoms with Crippen LogP contribution in [0.25, 0.3) is 0 Å². The number of amides is 1.